The average molecular weight is 338 g/mol. The molecule has 3 N–H and O–H groups in total. The molecular formula is C17H18N6O2. The molecule has 8 nitrogen and oxygen atoms in total. The smallest absolute Gasteiger partial charge is 0.246 e. The molecule has 2 amide bonds. The van der Waals surface area contributed by atoms with Gasteiger partial charge >= 0.3 is 0 Å². The van der Waals surface area contributed by atoms with Gasteiger partial charge in [-0.2, -0.15) is 0 Å². The lowest BCUT2D eigenvalue weighted by atomic mass is 10.2. The highest BCUT2D eigenvalue weighted by molar-refractivity contribution is 6.03. The van der Waals surface area contributed by atoms with Gasteiger partial charge in [-0.15, -0.1) is 5.10 Å². The number of carbonyl (C=O) groups excluding carboxylic acids is 2. The first kappa shape index (κ1) is 15.4. The first-order chi connectivity index (χ1) is 12.1. The van der Waals surface area contributed by atoms with Crippen molar-refractivity contribution < 1.29 is 9.59 Å². The van der Waals surface area contributed by atoms with Crippen LogP contribution >= 0.6 is 0 Å². The Bertz CT molecular complexity index is 953. The summed E-state index contributed by atoms with van der Waals surface area (Å²) >= 11 is 0. The Balaban J connectivity index is 1.42. The van der Waals surface area contributed by atoms with Crippen molar-refractivity contribution in [2.75, 3.05) is 10.6 Å². The van der Waals surface area contributed by atoms with Crippen LogP contribution in [-0.2, 0) is 16.1 Å². The van der Waals surface area contributed by atoms with Crippen LogP contribution in [0.25, 0.3) is 10.9 Å². The van der Waals surface area contributed by atoms with E-state index in [9.17, 15) is 9.59 Å². The van der Waals surface area contributed by atoms with Crippen LogP contribution in [0.4, 0.5) is 11.5 Å². The van der Waals surface area contributed by atoms with Gasteiger partial charge in [-0.25, -0.2) is 4.68 Å². The van der Waals surface area contributed by atoms with Gasteiger partial charge in [0.2, 0.25) is 11.8 Å². The summed E-state index contributed by atoms with van der Waals surface area (Å²) in [5.41, 5.74) is 2.63. The summed E-state index contributed by atoms with van der Waals surface area (Å²) < 4.78 is 1.40. The quantitative estimate of drug-likeness (QED) is 0.662. The van der Waals surface area contributed by atoms with E-state index in [4.69, 9.17) is 0 Å². The molecule has 3 aromatic rings. The molecule has 128 valence electrons. The number of hydrogen-bond donors (Lipinski definition) is 3. The average Bonchev–Trinajstić information content (AvgIpc) is 3.29. The van der Waals surface area contributed by atoms with Crippen LogP contribution in [0.3, 0.4) is 0 Å². The van der Waals surface area contributed by atoms with Crippen LogP contribution in [0.5, 0.6) is 0 Å². The lowest BCUT2D eigenvalue weighted by molar-refractivity contribution is -0.117. The predicted molar refractivity (Wildman–Crippen MR) is 93.0 cm³/mol. The maximum Gasteiger partial charge on any atom is 0.246 e. The molecule has 0 saturated heterocycles. The van der Waals surface area contributed by atoms with Crippen molar-refractivity contribution in [3.05, 3.63) is 36.2 Å². The van der Waals surface area contributed by atoms with Gasteiger partial charge in [-0.1, -0.05) is 23.4 Å². The third kappa shape index (κ3) is 3.23. The zero-order valence-electron chi connectivity index (χ0n) is 13.7. The molecule has 1 fully saturated rings. The van der Waals surface area contributed by atoms with Gasteiger partial charge in [0.15, 0.2) is 5.82 Å². The van der Waals surface area contributed by atoms with E-state index in [2.05, 4.69) is 25.9 Å². The number of hydrogen-bond acceptors (Lipinski definition) is 4. The van der Waals surface area contributed by atoms with Crippen molar-refractivity contribution in [1.82, 2.24) is 20.0 Å². The van der Waals surface area contributed by atoms with E-state index >= 15 is 0 Å². The molecule has 0 aliphatic heterocycles. The Morgan fingerprint density at radius 3 is 2.88 bits per heavy atom. The minimum Gasteiger partial charge on any atom is -0.357 e. The second kappa shape index (κ2) is 6.04. The van der Waals surface area contributed by atoms with E-state index < -0.39 is 0 Å². The standard InChI is InChI=1S/C17H18N6O2/c1-10-16(12-4-2-3-5-13(12)18-10)20-15(24)9-23-8-14(21-22-23)19-17(25)11-6-7-11/h2-5,8,11,18H,6-7,9H2,1H3,(H,19,25)(H,20,24). The highest BCUT2D eigenvalue weighted by Gasteiger charge is 2.30. The zero-order valence-corrected chi connectivity index (χ0v) is 13.7. The molecule has 0 unspecified atom stereocenters. The molecule has 25 heavy (non-hydrogen) atoms. The maximum absolute atomic E-state index is 12.3. The van der Waals surface area contributed by atoms with Crippen LogP contribution in [-0.4, -0.2) is 31.8 Å². The number of benzene rings is 1. The second-order valence-electron chi connectivity index (χ2n) is 6.28. The van der Waals surface area contributed by atoms with Gasteiger partial charge in [0.25, 0.3) is 0 Å². The van der Waals surface area contributed by atoms with Gasteiger partial charge in [0, 0.05) is 22.5 Å². The first-order valence-corrected chi connectivity index (χ1v) is 8.18. The fraction of sp³-hybridized carbons (Fsp3) is 0.294. The number of aromatic nitrogens is 4. The molecule has 0 bridgehead atoms. The van der Waals surface area contributed by atoms with Gasteiger partial charge in [-0.3, -0.25) is 9.59 Å². The van der Waals surface area contributed by atoms with Crippen LogP contribution in [0.1, 0.15) is 18.5 Å². The first-order valence-electron chi connectivity index (χ1n) is 8.18. The molecule has 2 aromatic heterocycles. The normalized spacial score (nSPS) is 13.8. The van der Waals surface area contributed by atoms with E-state index in [1.807, 2.05) is 31.2 Å². The second-order valence-corrected chi connectivity index (χ2v) is 6.28. The minimum atomic E-state index is -0.210. The predicted octanol–water partition coefficient (Wildman–Crippen LogP) is 2.06. The number of carbonyl (C=O) groups is 2. The van der Waals surface area contributed by atoms with E-state index in [0.29, 0.717) is 5.82 Å². The molecule has 1 aromatic carbocycles. The summed E-state index contributed by atoms with van der Waals surface area (Å²) in [5.74, 6) is 0.218. The van der Waals surface area contributed by atoms with Crippen LogP contribution in [0.15, 0.2) is 30.5 Å². The zero-order chi connectivity index (χ0) is 17.4. The fourth-order valence-corrected chi connectivity index (χ4v) is 2.77. The molecular weight excluding hydrogens is 320 g/mol. The summed E-state index contributed by atoms with van der Waals surface area (Å²) in [6.45, 7) is 1.93. The number of amides is 2. The number of para-hydroxylation sites is 1. The number of nitrogens with zero attached hydrogens (tertiary/aromatic N) is 3. The van der Waals surface area contributed by atoms with Crippen molar-refractivity contribution >= 4 is 34.2 Å². The summed E-state index contributed by atoms with van der Waals surface area (Å²) in [6, 6.07) is 7.79. The monoisotopic (exact) mass is 338 g/mol. The SMILES string of the molecule is Cc1[nH]c2ccccc2c1NC(=O)Cn1cc(NC(=O)C2CC2)nn1. The Hall–Kier alpha value is -3.16. The summed E-state index contributed by atoms with van der Waals surface area (Å²) in [5, 5.41) is 14.3. The molecule has 1 aliphatic carbocycles. The lowest BCUT2D eigenvalue weighted by Crippen LogP contribution is -2.19. The summed E-state index contributed by atoms with van der Waals surface area (Å²) in [6.07, 6.45) is 3.40. The van der Waals surface area contributed by atoms with Gasteiger partial charge in [0.1, 0.15) is 6.54 Å². The number of H-pyrrole nitrogens is 1. The summed E-state index contributed by atoms with van der Waals surface area (Å²) in [7, 11) is 0. The Morgan fingerprint density at radius 2 is 2.08 bits per heavy atom. The van der Waals surface area contributed by atoms with E-state index in [1.54, 1.807) is 6.20 Å². The number of rotatable bonds is 5. The van der Waals surface area contributed by atoms with Gasteiger partial charge < -0.3 is 15.6 Å². The van der Waals surface area contributed by atoms with Crippen molar-refractivity contribution in [3.63, 3.8) is 0 Å². The largest absolute Gasteiger partial charge is 0.357 e. The molecule has 1 saturated carbocycles. The topological polar surface area (TPSA) is 105 Å². The number of aryl methyl sites for hydroxylation is 1. The highest BCUT2D eigenvalue weighted by Crippen LogP contribution is 2.30. The van der Waals surface area contributed by atoms with E-state index in [0.717, 1.165) is 35.1 Å². The van der Waals surface area contributed by atoms with Crippen molar-refractivity contribution in [2.45, 2.75) is 26.3 Å². The third-order valence-electron chi connectivity index (χ3n) is 4.20. The summed E-state index contributed by atoms with van der Waals surface area (Å²) in [4.78, 5) is 27.3. The molecule has 0 atom stereocenters. The molecule has 0 spiro atoms. The Labute approximate surface area is 143 Å². The fourth-order valence-electron chi connectivity index (χ4n) is 2.77. The number of aromatic amines is 1. The van der Waals surface area contributed by atoms with Crippen molar-refractivity contribution in [3.8, 4) is 0 Å². The molecule has 0 radical (unpaired) electrons. The van der Waals surface area contributed by atoms with Crippen molar-refractivity contribution in [1.29, 1.82) is 0 Å². The maximum atomic E-state index is 12.3. The Kier molecular flexibility index (Phi) is 3.72. The van der Waals surface area contributed by atoms with Crippen LogP contribution < -0.4 is 10.6 Å². The number of anilines is 2. The van der Waals surface area contributed by atoms with Crippen LogP contribution in [0.2, 0.25) is 0 Å². The third-order valence-corrected chi connectivity index (χ3v) is 4.20. The van der Waals surface area contributed by atoms with Crippen LogP contribution in [0, 0.1) is 12.8 Å². The van der Waals surface area contributed by atoms with Gasteiger partial charge in [-0.05, 0) is 25.8 Å². The molecule has 8 heteroatoms. The highest BCUT2D eigenvalue weighted by atomic mass is 16.2. The van der Waals surface area contributed by atoms with Crippen molar-refractivity contribution in [2.24, 2.45) is 5.92 Å². The van der Waals surface area contributed by atoms with Gasteiger partial charge in [0.05, 0.1) is 11.9 Å². The van der Waals surface area contributed by atoms with E-state index in [-0.39, 0.29) is 24.3 Å². The lowest BCUT2D eigenvalue weighted by Gasteiger charge is -2.05. The van der Waals surface area contributed by atoms with E-state index in [1.165, 1.54) is 4.68 Å². The molecule has 1 aliphatic rings. The number of fused-ring (bicyclic) bond motifs is 1. The minimum absolute atomic E-state index is 0.0191. The Morgan fingerprint density at radius 1 is 1.28 bits per heavy atom. The number of nitrogens with one attached hydrogen (secondary N) is 3. The molecule has 4 rings (SSSR count). The molecule has 2 heterocycles.